The number of halogens is 1. The standard InChI is InChI=1S/C14H18BrN3/c1-10-4-6-18(7-5-10)9-14-16-12-3-2-11(15)8-13(12)17-14/h2-3,8,10H,4-7,9H2,1H3,(H,16,17). The van der Waals surface area contributed by atoms with Gasteiger partial charge in [-0.3, -0.25) is 4.90 Å². The minimum absolute atomic E-state index is 0.882. The summed E-state index contributed by atoms with van der Waals surface area (Å²) in [7, 11) is 0. The number of aromatic amines is 1. The number of fused-ring (bicyclic) bond motifs is 1. The molecule has 1 saturated heterocycles. The molecule has 3 rings (SSSR count). The van der Waals surface area contributed by atoms with Crippen molar-refractivity contribution in [1.29, 1.82) is 0 Å². The van der Waals surface area contributed by atoms with Crippen molar-refractivity contribution in [2.75, 3.05) is 13.1 Å². The number of H-pyrrole nitrogens is 1. The topological polar surface area (TPSA) is 31.9 Å². The average molecular weight is 308 g/mol. The number of aromatic nitrogens is 2. The number of benzene rings is 1. The van der Waals surface area contributed by atoms with E-state index in [9.17, 15) is 0 Å². The van der Waals surface area contributed by atoms with E-state index in [0.29, 0.717) is 0 Å². The summed E-state index contributed by atoms with van der Waals surface area (Å²) in [6, 6.07) is 6.18. The molecule has 96 valence electrons. The Morgan fingerprint density at radius 3 is 2.94 bits per heavy atom. The van der Waals surface area contributed by atoms with Crippen LogP contribution in [0.15, 0.2) is 22.7 Å². The van der Waals surface area contributed by atoms with Crippen LogP contribution in [0.1, 0.15) is 25.6 Å². The number of nitrogens with one attached hydrogen (secondary N) is 1. The first-order valence-corrected chi connectivity index (χ1v) is 7.36. The van der Waals surface area contributed by atoms with Crippen molar-refractivity contribution in [3.8, 4) is 0 Å². The number of likely N-dealkylation sites (tertiary alicyclic amines) is 1. The fraction of sp³-hybridized carbons (Fsp3) is 0.500. The van der Waals surface area contributed by atoms with E-state index in [0.717, 1.165) is 33.8 Å². The number of rotatable bonds is 2. The van der Waals surface area contributed by atoms with Gasteiger partial charge in [-0.2, -0.15) is 0 Å². The van der Waals surface area contributed by atoms with E-state index in [1.54, 1.807) is 0 Å². The summed E-state index contributed by atoms with van der Waals surface area (Å²) in [5.41, 5.74) is 2.17. The van der Waals surface area contributed by atoms with Crippen molar-refractivity contribution >= 4 is 27.0 Å². The molecule has 1 fully saturated rings. The highest BCUT2D eigenvalue weighted by molar-refractivity contribution is 9.10. The maximum Gasteiger partial charge on any atom is 0.121 e. The first-order valence-electron chi connectivity index (χ1n) is 6.57. The molecule has 18 heavy (non-hydrogen) atoms. The third-order valence-electron chi connectivity index (χ3n) is 3.74. The maximum absolute atomic E-state index is 4.65. The molecule has 2 aromatic rings. The van der Waals surface area contributed by atoms with Crippen LogP contribution in [0.5, 0.6) is 0 Å². The van der Waals surface area contributed by atoms with E-state index >= 15 is 0 Å². The number of imidazole rings is 1. The lowest BCUT2D eigenvalue weighted by Gasteiger charge is -2.29. The Morgan fingerprint density at radius 1 is 1.39 bits per heavy atom. The molecule has 0 unspecified atom stereocenters. The van der Waals surface area contributed by atoms with Crippen LogP contribution >= 0.6 is 15.9 Å². The predicted molar refractivity (Wildman–Crippen MR) is 77.5 cm³/mol. The SMILES string of the molecule is CC1CCN(Cc2nc3ccc(Br)cc3[nH]2)CC1. The smallest absolute Gasteiger partial charge is 0.121 e. The molecule has 1 aliphatic heterocycles. The number of piperidine rings is 1. The number of hydrogen-bond acceptors (Lipinski definition) is 2. The van der Waals surface area contributed by atoms with Gasteiger partial charge in [0.15, 0.2) is 0 Å². The Morgan fingerprint density at radius 2 is 2.17 bits per heavy atom. The summed E-state index contributed by atoms with van der Waals surface area (Å²) in [5.74, 6) is 1.96. The lowest BCUT2D eigenvalue weighted by Crippen LogP contribution is -2.32. The Kier molecular flexibility index (Phi) is 3.39. The van der Waals surface area contributed by atoms with Crippen LogP contribution in [0, 0.1) is 5.92 Å². The second-order valence-electron chi connectivity index (χ2n) is 5.30. The van der Waals surface area contributed by atoms with Crippen LogP contribution in [0.3, 0.4) is 0 Å². The highest BCUT2D eigenvalue weighted by atomic mass is 79.9. The first kappa shape index (κ1) is 12.2. The molecule has 0 spiro atoms. The van der Waals surface area contributed by atoms with E-state index < -0.39 is 0 Å². The van der Waals surface area contributed by atoms with Gasteiger partial charge in [-0.15, -0.1) is 0 Å². The second kappa shape index (κ2) is 5.02. The normalized spacial score (nSPS) is 18.6. The third kappa shape index (κ3) is 2.59. The van der Waals surface area contributed by atoms with Crippen molar-refractivity contribution in [1.82, 2.24) is 14.9 Å². The maximum atomic E-state index is 4.65. The Bertz CT molecular complexity index is 541. The Balaban J connectivity index is 1.74. The van der Waals surface area contributed by atoms with Crippen LogP contribution in [0.2, 0.25) is 0 Å². The summed E-state index contributed by atoms with van der Waals surface area (Å²) >= 11 is 3.49. The molecule has 0 radical (unpaired) electrons. The summed E-state index contributed by atoms with van der Waals surface area (Å²) < 4.78 is 1.09. The molecule has 1 aromatic carbocycles. The van der Waals surface area contributed by atoms with Gasteiger partial charge in [0.2, 0.25) is 0 Å². The third-order valence-corrected chi connectivity index (χ3v) is 4.24. The van der Waals surface area contributed by atoms with Gasteiger partial charge in [-0.1, -0.05) is 22.9 Å². The van der Waals surface area contributed by atoms with Gasteiger partial charge in [0.25, 0.3) is 0 Å². The molecule has 2 heterocycles. The highest BCUT2D eigenvalue weighted by Crippen LogP contribution is 2.20. The molecule has 3 nitrogen and oxygen atoms in total. The lowest BCUT2D eigenvalue weighted by molar-refractivity contribution is 0.182. The van der Waals surface area contributed by atoms with Crippen LogP contribution in [0.25, 0.3) is 11.0 Å². The van der Waals surface area contributed by atoms with E-state index in [4.69, 9.17) is 0 Å². The minimum Gasteiger partial charge on any atom is -0.341 e. The van der Waals surface area contributed by atoms with Gasteiger partial charge in [0.1, 0.15) is 5.82 Å². The molecule has 4 heteroatoms. The zero-order chi connectivity index (χ0) is 12.5. The van der Waals surface area contributed by atoms with Crippen molar-refractivity contribution in [2.45, 2.75) is 26.3 Å². The van der Waals surface area contributed by atoms with Crippen LogP contribution in [0.4, 0.5) is 0 Å². The molecule has 1 aromatic heterocycles. The summed E-state index contributed by atoms with van der Waals surface area (Å²) in [6.07, 6.45) is 2.62. The minimum atomic E-state index is 0.882. The summed E-state index contributed by atoms with van der Waals surface area (Å²) in [4.78, 5) is 10.6. The van der Waals surface area contributed by atoms with Gasteiger partial charge >= 0.3 is 0 Å². The molecule has 0 saturated carbocycles. The van der Waals surface area contributed by atoms with Crippen LogP contribution < -0.4 is 0 Å². The van der Waals surface area contributed by atoms with Crippen molar-refractivity contribution in [2.24, 2.45) is 5.92 Å². The van der Waals surface area contributed by atoms with Crippen molar-refractivity contribution < 1.29 is 0 Å². The van der Waals surface area contributed by atoms with E-state index in [-0.39, 0.29) is 0 Å². The summed E-state index contributed by atoms with van der Waals surface area (Å²) in [6.45, 7) is 5.68. The van der Waals surface area contributed by atoms with Gasteiger partial charge in [-0.25, -0.2) is 4.98 Å². The van der Waals surface area contributed by atoms with E-state index in [1.165, 1.54) is 25.9 Å². The Labute approximate surface area is 116 Å². The first-order chi connectivity index (χ1) is 8.70. The predicted octanol–water partition coefficient (Wildman–Crippen LogP) is 3.56. The molecule has 1 N–H and O–H groups in total. The quantitative estimate of drug-likeness (QED) is 0.920. The molecular weight excluding hydrogens is 290 g/mol. The Hall–Kier alpha value is -0.870. The largest absolute Gasteiger partial charge is 0.341 e. The zero-order valence-electron chi connectivity index (χ0n) is 10.6. The van der Waals surface area contributed by atoms with Crippen molar-refractivity contribution in [3.63, 3.8) is 0 Å². The fourth-order valence-electron chi connectivity index (χ4n) is 2.54. The van der Waals surface area contributed by atoms with Gasteiger partial charge in [-0.05, 0) is 50.0 Å². The van der Waals surface area contributed by atoms with E-state index in [2.05, 4.69) is 49.9 Å². The summed E-state index contributed by atoms with van der Waals surface area (Å²) in [5, 5.41) is 0. The van der Waals surface area contributed by atoms with Gasteiger partial charge in [0.05, 0.1) is 17.6 Å². The van der Waals surface area contributed by atoms with Crippen LogP contribution in [-0.2, 0) is 6.54 Å². The molecule has 0 bridgehead atoms. The zero-order valence-corrected chi connectivity index (χ0v) is 12.2. The highest BCUT2D eigenvalue weighted by Gasteiger charge is 2.16. The van der Waals surface area contributed by atoms with E-state index in [1.807, 2.05) is 6.07 Å². The second-order valence-corrected chi connectivity index (χ2v) is 6.22. The molecule has 0 atom stereocenters. The van der Waals surface area contributed by atoms with Gasteiger partial charge in [0, 0.05) is 4.47 Å². The monoisotopic (exact) mass is 307 g/mol. The molecule has 0 amide bonds. The van der Waals surface area contributed by atoms with Gasteiger partial charge < -0.3 is 4.98 Å². The number of hydrogen-bond donors (Lipinski definition) is 1. The molecule has 0 aliphatic carbocycles. The van der Waals surface area contributed by atoms with Crippen LogP contribution in [-0.4, -0.2) is 28.0 Å². The lowest BCUT2D eigenvalue weighted by atomic mass is 9.99. The molecular formula is C14H18BrN3. The molecule has 1 aliphatic rings. The van der Waals surface area contributed by atoms with Crippen molar-refractivity contribution in [3.05, 3.63) is 28.5 Å². The average Bonchev–Trinajstić information content (AvgIpc) is 2.73. The number of nitrogens with zero attached hydrogens (tertiary/aromatic N) is 2. The fourth-order valence-corrected chi connectivity index (χ4v) is 2.90.